The normalized spacial score (nSPS) is 14.3. The summed E-state index contributed by atoms with van der Waals surface area (Å²) in [5.74, 6) is 0. The van der Waals surface area contributed by atoms with Crippen LogP contribution in [0, 0.1) is 0 Å². The van der Waals surface area contributed by atoms with Gasteiger partial charge in [0, 0.05) is 0 Å². The van der Waals surface area contributed by atoms with Crippen molar-refractivity contribution >= 4 is 16.6 Å². The average Bonchev–Trinajstić information content (AvgIpc) is 2.69. The van der Waals surface area contributed by atoms with Crippen molar-refractivity contribution in [1.29, 1.82) is 0 Å². The van der Waals surface area contributed by atoms with E-state index in [0.29, 0.717) is 0 Å². The minimum atomic E-state index is -1.59. The van der Waals surface area contributed by atoms with Gasteiger partial charge >= 0.3 is 0 Å². The van der Waals surface area contributed by atoms with Crippen LogP contribution in [0.1, 0.15) is 80.6 Å². The third-order valence-electron chi connectivity index (χ3n) is 6.40. The lowest BCUT2D eigenvalue weighted by Gasteiger charge is -2.35. The largest absolute Gasteiger partial charge is 0.414 e. The summed E-state index contributed by atoms with van der Waals surface area (Å²) in [6.45, 7) is 17.0. The quantitative estimate of drug-likeness (QED) is 0.140. The summed E-state index contributed by atoms with van der Waals surface area (Å²) in [7, 11) is -3.13. The molecule has 0 unspecified atom stereocenters. The molecule has 0 saturated heterocycles. The maximum absolute atomic E-state index is 6.83. The molecule has 2 nitrogen and oxygen atoms in total. The maximum Gasteiger partial charge on any atom is 0.192 e. The monoisotopic (exact) mass is 400 g/mol. The second kappa shape index (κ2) is 15.1. The predicted octanol–water partition coefficient (Wildman–Crippen LogP) is 7.93. The molecule has 0 rings (SSSR count). The molecule has 0 heterocycles. The molecule has 0 bridgehead atoms. The number of rotatable bonds is 17. The maximum atomic E-state index is 6.83. The van der Waals surface area contributed by atoms with Gasteiger partial charge in [0.15, 0.2) is 16.6 Å². The van der Waals surface area contributed by atoms with Crippen LogP contribution in [0.4, 0.5) is 0 Å². The first-order valence-electron chi connectivity index (χ1n) is 11.5. The highest BCUT2D eigenvalue weighted by atomic mass is 28.4. The first-order chi connectivity index (χ1) is 12.5. The van der Waals surface area contributed by atoms with E-state index in [9.17, 15) is 0 Å². The summed E-state index contributed by atoms with van der Waals surface area (Å²) in [5.41, 5.74) is 0. The Bertz CT molecular complexity index is 334. The molecule has 0 aliphatic heterocycles. The molecule has 0 saturated carbocycles. The summed E-state index contributed by atoms with van der Waals surface area (Å²) >= 11 is 0. The fraction of sp³-hybridized carbons (Fsp3) is 0.909. The summed E-state index contributed by atoms with van der Waals surface area (Å²) in [6, 6.07) is 7.31. The zero-order valence-corrected chi connectivity index (χ0v) is 21.0. The lowest BCUT2D eigenvalue weighted by atomic mass is 10.2. The molecule has 0 fully saturated rings. The van der Waals surface area contributed by atoms with Gasteiger partial charge in [0.1, 0.15) is 0 Å². The molecular weight excluding hydrogens is 352 g/mol. The first kappa shape index (κ1) is 26.1. The van der Waals surface area contributed by atoms with E-state index >= 15 is 0 Å². The van der Waals surface area contributed by atoms with Gasteiger partial charge in [0.2, 0.25) is 0 Å². The summed E-state index contributed by atoms with van der Waals surface area (Å²) in [4.78, 5) is 0. The highest BCUT2D eigenvalue weighted by Gasteiger charge is 2.34. The van der Waals surface area contributed by atoms with Crippen molar-refractivity contribution < 1.29 is 8.85 Å². The van der Waals surface area contributed by atoms with Crippen molar-refractivity contribution in [3.63, 3.8) is 0 Å². The molecule has 156 valence electrons. The zero-order chi connectivity index (χ0) is 19.9. The van der Waals surface area contributed by atoms with Crippen LogP contribution in [0.5, 0.6) is 0 Å². The van der Waals surface area contributed by atoms with Gasteiger partial charge in [-0.1, -0.05) is 73.5 Å². The van der Waals surface area contributed by atoms with Crippen LogP contribution < -0.4 is 0 Å². The van der Waals surface area contributed by atoms with Gasteiger partial charge in [-0.05, 0) is 55.5 Å². The Morgan fingerprint density at radius 3 is 1.69 bits per heavy atom. The smallest absolute Gasteiger partial charge is 0.192 e. The zero-order valence-electron chi connectivity index (χ0n) is 19.0. The van der Waals surface area contributed by atoms with Gasteiger partial charge in [0.05, 0.1) is 12.7 Å². The minimum absolute atomic E-state index is 0.250. The Labute approximate surface area is 167 Å². The highest BCUT2D eigenvalue weighted by Crippen LogP contribution is 2.27. The van der Waals surface area contributed by atoms with Gasteiger partial charge in [-0.3, -0.25) is 0 Å². The summed E-state index contributed by atoms with van der Waals surface area (Å²) < 4.78 is 13.4. The molecule has 0 aromatic carbocycles. The fourth-order valence-electron chi connectivity index (χ4n) is 3.71. The van der Waals surface area contributed by atoms with E-state index in [2.05, 4.69) is 60.6 Å². The predicted molar refractivity (Wildman–Crippen MR) is 123 cm³/mol. The Morgan fingerprint density at radius 1 is 0.692 bits per heavy atom. The van der Waals surface area contributed by atoms with Crippen LogP contribution in [-0.2, 0) is 8.85 Å². The van der Waals surface area contributed by atoms with Crippen molar-refractivity contribution in [3.8, 4) is 0 Å². The van der Waals surface area contributed by atoms with E-state index in [0.717, 1.165) is 13.0 Å². The SMILES string of the molecule is CCCCC/C=C\C[C@@H](CO[Si](CC)(CC)CC)O[Si](CC)(CC)CC. The molecule has 0 aliphatic carbocycles. The number of allylic oxidation sites excluding steroid dienone is 1. The summed E-state index contributed by atoms with van der Waals surface area (Å²) in [6.07, 6.45) is 11.1. The molecule has 0 N–H and O–H groups in total. The molecule has 26 heavy (non-hydrogen) atoms. The second-order valence-corrected chi connectivity index (χ2v) is 17.2. The van der Waals surface area contributed by atoms with E-state index in [1.807, 2.05) is 0 Å². The van der Waals surface area contributed by atoms with E-state index < -0.39 is 16.6 Å². The number of hydrogen-bond donors (Lipinski definition) is 0. The third kappa shape index (κ3) is 9.34. The van der Waals surface area contributed by atoms with E-state index in [1.54, 1.807) is 0 Å². The van der Waals surface area contributed by atoms with E-state index in [4.69, 9.17) is 8.85 Å². The standard InChI is InChI=1S/C22H48O2Si2/c1-8-15-16-17-18-19-20-22(24-26(12-5,13-6)14-7)21-23-25(9-2,10-3)11-4/h18-19,22H,8-17,20-21H2,1-7H3/b19-18-/t22-/m0/s1. The molecule has 0 aliphatic rings. The van der Waals surface area contributed by atoms with Gasteiger partial charge in [-0.25, -0.2) is 0 Å². The lowest BCUT2D eigenvalue weighted by molar-refractivity contribution is 0.114. The van der Waals surface area contributed by atoms with E-state index in [-0.39, 0.29) is 6.10 Å². The van der Waals surface area contributed by atoms with Gasteiger partial charge in [0.25, 0.3) is 0 Å². The molecule has 4 heteroatoms. The van der Waals surface area contributed by atoms with Crippen LogP contribution in [-0.4, -0.2) is 29.3 Å². The van der Waals surface area contributed by atoms with Crippen molar-refractivity contribution in [2.24, 2.45) is 0 Å². The minimum Gasteiger partial charge on any atom is -0.414 e. The molecule has 0 aromatic rings. The number of hydrogen-bond acceptors (Lipinski definition) is 2. The molecule has 0 amide bonds. The summed E-state index contributed by atoms with van der Waals surface area (Å²) in [5, 5.41) is 0. The highest BCUT2D eigenvalue weighted by molar-refractivity contribution is 6.74. The van der Waals surface area contributed by atoms with Crippen LogP contribution in [0.3, 0.4) is 0 Å². The fourth-order valence-corrected chi connectivity index (χ4v) is 9.23. The van der Waals surface area contributed by atoms with Crippen molar-refractivity contribution in [3.05, 3.63) is 12.2 Å². The van der Waals surface area contributed by atoms with Gasteiger partial charge < -0.3 is 8.85 Å². The Morgan fingerprint density at radius 2 is 1.23 bits per heavy atom. The van der Waals surface area contributed by atoms with Crippen molar-refractivity contribution in [1.82, 2.24) is 0 Å². The lowest BCUT2D eigenvalue weighted by Crippen LogP contribution is -2.44. The molecule has 1 atom stereocenters. The van der Waals surface area contributed by atoms with Crippen LogP contribution in [0.15, 0.2) is 12.2 Å². The van der Waals surface area contributed by atoms with Crippen molar-refractivity contribution in [2.75, 3.05) is 6.61 Å². The topological polar surface area (TPSA) is 18.5 Å². The molecule has 0 spiro atoms. The molecular formula is C22H48O2Si2. The Balaban J connectivity index is 4.92. The Kier molecular flexibility index (Phi) is 15.1. The molecule has 0 aromatic heterocycles. The van der Waals surface area contributed by atoms with E-state index in [1.165, 1.54) is 61.9 Å². The average molecular weight is 401 g/mol. The van der Waals surface area contributed by atoms with Gasteiger partial charge in [-0.15, -0.1) is 0 Å². The first-order valence-corrected chi connectivity index (χ1v) is 16.5. The third-order valence-corrected chi connectivity index (χ3v) is 15.7. The number of unbranched alkanes of at least 4 members (excludes halogenated alkanes) is 3. The Hall–Kier alpha value is 0.0938. The van der Waals surface area contributed by atoms with Crippen molar-refractivity contribution in [2.45, 2.75) is 123 Å². The molecule has 0 radical (unpaired) electrons. The van der Waals surface area contributed by atoms with Crippen LogP contribution in [0.25, 0.3) is 0 Å². The second-order valence-electron chi connectivity index (χ2n) is 7.74. The van der Waals surface area contributed by atoms with Gasteiger partial charge in [-0.2, -0.15) is 0 Å². The van der Waals surface area contributed by atoms with Crippen LogP contribution >= 0.6 is 0 Å². The van der Waals surface area contributed by atoms with Crippen LogP contribution in [0.2, 0.25) is 36.3 Å².